The molecule has 9 aromatic rings. The van der Waals surface area contributed by atoms with Crippen molar-refractivity contribution in [2.45, 2.75) is 0 Å². The zero-order valence-electron chi connectivity index (χ0n) is 25.1. The van der Waals surface area contributed by atoms with Gasteiger partial charge in [-0.15, -0.1) is 11.3 Å². The first-order valence-electron chi connectivity index (χ1n) is 15.7. The van der Waals surface area contributed by atoms with Gasteiger partial charge in [0.2, 0.25) is 0 Å². The molecule has 1 nitrogen and oxygen atoms in total. The summed E-state index contributed by atoms with van der Waals surface area (Å²) in [7, 11) is 0. The Balaban J connectivity index is 1.34. The Bertz CT molecular complexity index is 2530. The maximum atomic E-state index is 2.46. The highest BCUT2D eigenvalue weighted by Crippen LogP contribution is 2.47. The summed E-state index contributed by atoms with van der Waals surface area (Å²) >= 11 is 1.88. The van der Waals surface area contributed by atoms with Crippen LogP contribution in [0.2, 0.25) is 0 Å². The summed E-state index contributed by atoms with van der Waals surface area (Å²) < 4.78 is 2.59. The molecule has 0 atom stereocenters. The van der Waals surface area contributed by atoms with Gasteiger partial charge in [0.1, 0.15) is 0 Å². The Hall–Kier alpha value is -5.70. The predicted octanol–water partition coefficient (Wildman–Crippen LogP) is 13.2. The van der Waals surface area contributed by atoms with Crippen LogP contribution in [0.15, 0.2) is 176 Å². The summed E-state index contributed by atoms with van der Waals surface area (Å²) in [5.74, 6) is 0. The Kier molecular flexibility index (Phi) is 6.40. The van der Waals surface area contributed by atoms with Crippen molar-refractivity contribution in [2.75, 3.05) is 4.90 Å². The van der Waals surface area contributed by atoms with E-state index in [1.165, 1.54) is 69.7 Å². The zero-order valence-corrected chi connectivity index (χ0v) is 25.9. The lowest BCUT2D eigenvalue weighted by molar-refractivity contribution is 1.31. The molecule has 1 heterocycles. The molecule has 1 aromatic heterocycles. The van der Waals surface area contributed by atoms with Gasteiger partial charge in [0.05, 0.1) is 10.4 Å². The van der Waals surface area contributed by atoms with Crippen molar-refractivity contribution in [3.63, 3.8) is 0 Å². The molecule has 0 bridgehead atoms. The molecule has 0 radical (unpaired) electrons. The first-order valence-corrected chi connectivity index (χ1v) is 16.5. The molecule has 216 valence electrons. The van der Waals surface area contributed by atoms with Crippen LogP contribution in [-0.4, -0.2) is 0 Å². The van der Waals surface area contributed by atoms with E-state index < -0.39 is 0 Å². The molecule has 0 saturated carbocycles. The van der Waals surface area contributed by atoms with Gasteiger partial charge in [-0.25, -0.2) is 0 Å². The number of thiophene rings is 1. The van der Waals surface area contributed by atoms with Gasteiger partial charge < -0.3 is 4.90 Å². The number of hydrogen-bond acceptors (Lipinski definition) is 2. The second-order valence-electron chi connectivity index (χ2n) is 11.8. The first-order chi connectivity index (χ1) is 22.8. The molecule has 0 amide bonds. The fourth-order valence-corrected chi connectivity index (χ4v) is 8.04. The van der Waals surface area contributed by atoms with Crippen LogP contribution in [0.5, 0.6) is 0 Å². The zero-order chi connectivity index (χ0) is 30.5. The van der Waals surface area contributed by atoms with Crippen LogP contribution in [0.3, 0.4) is 0 Å². The quantitative estimate of drug-likeness (QED) is 0.189. The van der Waals surface area contributed by atoms with Crippen LogP contribution in [0.4, 0.5) is 17.1 Å². The fourth-order valence-electron chi connectivity index (χ4n) is 6.81. The van der Waals surface area contributed by atoms with E-state index in [2.05, 4.69) is 181 Å². The minimum Gasteiger partial charge on any atom is -0.309 e. The van der Waals surface area contributed by atoms with Crippen LogP contribution >= 0.6 is 11.3 Å². The Labute approximate surface area is 272 Å². The van der Waals surface area contributed by atoms with Crippen LogP contribution < -0.4 is 4.90 Å². The molecule has 0 saturated heterocycles. The molecule has 8 aromatic carbocycles. The first kappa shape index (κ1) is 26.7. The lowest BCUT2D eigenvalue weighted by Gasteiger charge is -2.28. The topological polar surface area (TPSA) is 3.24 Å². The van der Waals surface area contributed by atoms with E-state index in [4.69, 9.17) is 0 Å². The summed E-state index contributed by atoms with van der Waals surface area (Å²) in [4.78, 5) is 2.46. The molecule has 0 N–H and O–H groups in total. The number of nitrogens with zero attached hydrogens (tertiary/aromatic N) is 1. The number of benzene rings is 8. The van der Waals surface area contributed by atoms with Gasteiger partial charge in [-0.2, -0.15) is 0 Å². The van der Waals surface area contributed by atoms with E-state index in [-0.39, 0.29) is 0 Å². The van der Waals surface area contributed by atoms with Gasteiger partial charge in [-0.3, -0.25) is 0 Å². The number of fused-ring (bicyclic) bond motifs is 5. The van der Waals surface area contributed by atoms with Gasteiger partial charge in [-0.1, -0.05) is 133 Å². The van der Waals surface area contributed by atoms with Crippen molar-refractivity contribution in [3.05, 3.63) is 176 Å². The van der Waals surface area contributed by atoms with E-state index in [1.54, 1.807) is 0 Å². The molecule has 0 spiro atoms. The van der Waals surface area contributed by atoms with Gasteiger partial charge in [0, 0.05) is 26.8 Å². The van der Waals surface area contributed by atoms with Crippen molar-refractivity contribution in [3.8, 4) is 22.3 Å². The smallest absolute Gasteiger partial charge is 0.0640 e. The lowest BCUT2D eigenvalue weighted by atomic mass is 9.96. The number of anilines is 3. The van der Waals surface area contributed by atoms with Crippen molar-refractivity contribution in [1.29, 1.82) is 0 Å². The highest BCUT2D eigenvalue weighted by molar-refractivity contribution is 7.26. The normalized spacial score (nSPS) is 11.5. The third kappa shape index (κ3) is 4.54. The molecular weight excluding hydrogens is 575 g/mol. The molecule has 0 unspecified atom stereocenters. The molecule has 46 heavy (non-hydrogen) atoms. The maximum absolute atomic E-state index is 2.46. The SMILES string of the molecule is c1ccc(-c2cccc(N(c3cc(-c4ccccc4)c4ccccc4c3)c3cccc4c3sc3cc5ccccc5cc34)c2)cc1. The van der Waals surface area contributed by atoms with Crippen molar-refractivity contribution < 1.29 is 0 Å². The minimum atomic E-state index is 1.13. The highest BCUT2D eigenvalue weighted by Gasteiger charge is 2.20. The summed E-state index contributed by atoms with van der Waals surface area (Å²) in [6.45, 7) is 0. The van der Waals surface area contributed by atoms with Crippen LogP contribution in [0.25, 0.3) is 64.0 Å². The molecule has 0 fully saturated rings. The monoisotopic (exact) mass is 603 g/mol. The third-order valence-corrected chi connectivity index (χ3v) is 10.2. The van der Waals surface area contributed by atoms with E-state index >= 15 is 0 Å². The van der Waals surface area contributed by atoms with Crippen LogP contribution in [-0.2, 0) is 0 Å². The summed E-state index contributed by atoms with van der Waals surface area (Å²) in [6.07, 6.45) is 0. The van der Waals surface area contributed by atoms with E-state index in [1.807, 2.05) is 11.3 Å². The molecular formula is C44H29NS. The Morgan fingerprint density at radius 2 is 1.00 bits per heavy atom. The Morgan fingerprint density at radius 3 is 1.80 bits per heavy atom. The van der Waals surface area contributed by atoms with Gasteiger partial charge in [0.25, 0.3) is 0 Å². The summed E-state index contributed by atoms with van der Waals surface area (Å²) in [5, 5.41) is 7.62. The van der Waals surface area contributed by atoms with Gasteiger partial charge in [0.15, 0.2) is 0 Å². The predicted molar refractivity (Wildman–Crippen MR) is 200 cm³/mol. The largest absolute Gasteiger partial charge is 0.309 e. The van der Waals surface area contributed by atoms with Gasteiger partial charge >= 0.3 is 0 Å². The molecule has 9 rings (SSSR count). The highest BCUT2D eigenvalue weighted by atomic mass is 32.1. The molecule has 0 aliphatic carbocycles. The number of hydrogen-bond donors (Lipinski definition) is 0. The van der Waals surface area contributed by atoms with Gasteiger partial charge in [-0.05, 0) is 86.3 Å². The lowest BCUT2D eigenvalue weighted by Crippen LogP contribution is -2.10. The van der Waals surface area contributed by atoms with E-state index in [0.29, 0.717) is 0 Å². The molecule has 2 heteroatoms. The molecule has 0 aliphatic heterocycles. The average molecular weight is 604 g/mol. The molecule has 0 aliphatic rings. The summed E-state index contributed by atoms with van der Waals surface area (Å²) in [5.41, 5.74) is 8.30. The van der Waals surface area contributed by atoms with E-state index in [0.717, 1.165) is 11.4 Å². The standard InChI is InChI=1S/C44H29NS/c1-3-13-30(14-4-1)32-20-11-21-36(25-32)45(37-26-35-19-9-10-22-38(35)40(29-37)31-15-5-2-6-16-31)42-24-12-23-39-41-27-33-17-7-8-18-34(33)28-43(41)46-44(39)42/h1-29H. The summed E-state index contributed by atoms with van der Waals surface area (Å²) in [6, 6.07) is 64.0. The minimum absolute atomic E-state index is 1.13. The third-order valence-electron chi connectivity index (χ3n) is 8.99. The van der Waals surface area contributed by atoms with Crippen LogP contribution in [0.1, 0.15) is 0 Å². The van der Waals surface area contributed by atoms with Crippen molar-refractivity contribution in [1.82, 2.24) is 0 Å². The van der Waals surface area contributed by atoms with Crippen molar-refractivity contribution >= 4 is 70.1 Å². The average Bonchev–Trinajstić information content (AvgIpc) is 3.49. The number of rotatable bonds is 5. The van der Waals surface area contributed by atoms with Crippen molar-refractivity contribution in [2.24, 2.45) is 0 Å². The second kappa shape index (κ2) is 11.0. The Morgan fingerprint density at radius 1 is 0.370 bits per heavy atom. The maximum Gasteiger partial charge on any atom is 0.0640 e. The second-order valence-corrected chi connectivity index (χ2v) is 12.8. The van der Waals surface area contributed by atoms with E-state index in [9.17, 15) is 0 Å². The fraction of sp³-hybridized carbons (Fsp3) is 0. The van der Waals surface area contributed by atoms with Crippen LogP contribution in [0, 0.1) is 0 Å².